The number of aromatic amines is 1. The molecule has 0 saturated heterocycles. The molecule has 0 amide bonds. The van der Waals surface area contributed by atoms with Crippen molar-refractivity contribution in [2.24, 2.45) is 5.92 Å². The summed E-state index contributed by atoms with van der Waals surface area (Å²) in [6.07, 6.45) is 1.20. The maximum absolute atomic E-state index is 11.7. The number of fused-ring (bicyclic) bond motifs is 1. The van der Waals surface area contributed by atoms with E-state index in [0.29, 0.717) is 17.6 Å². The summed E-state index contributed by atoms with van der Waals surface area (Å²) < 4.78 is 1.67. The summed E-state index contributed by atoms with van der Waals surface area (Å²) in [5.41, 5.74) is 6.37. The number of hydrogen-bond acceptors (Lipinski definition) is 6. The molecule has 1 aliphatic carbocycles. The van der Waals surface area contributed by atoms with Crippen molar-refractivity contribution in [2.75, 3.05) is 12.3 Å². The molecule has 0 unspecified atom stereocenters. The maximum Gasteiger partial charge on any atom is 0.280 e. The lowest BCUT2D eigenvalue weighted by Gasteiger charge is -2.15. The Kier molecular flexibility index (Phi) is 2.84. The second-order valence-corrected chi connectivity index (χ2v) is 4.96. The normalized spacial score (nSPS) is 26.5. The molecule has 106 valence electrons. The highest BCUT2D eigenvalue weighted by Gasteiger charge is 2.37. The van der Waals surface area contributed by atoms with E-state index in [1.807, 2.05) is 0 Å². The summed E-state index contributed by atoms with van der Waals surface area (Å²) in [7, 11) is 0. The molecule has 1 aliphatic rings. The predicted molar refractivity (Wildman–Crippen MR) is 71.9 cm³/mol. The Hall–Kier alpha value is -2.19. The molecule has 5 N–H and O–H groups in total. The van der Waals surface area contributed by atoms with Crippen molar-refractivity contribution in [1.29, 1.82) is 0 Å². The van der Waals surface area contributed by atoms with Gasteiger partial charge in [0.1, 0.15) is 0 Å². The van der Waals surface area contributed by atoms with Crippen molar-refractivity contribution in [2.45, 2.75) is 18.6 Å². The van der Waals surface area contributed by atoms with Crippen LogP contribution < -0.4 is 11.3 Å². The number of hydrogen-bond donors (Lipinski definition) is 4. The quantitative estimate of drug-likeness (QED) is 0.530. The first-order valence-electron chi connectivity index (χ1n) is 6.23. The van der Waals surface area contributed by atoms with Gasteiger partial charge < -0.3 is 20.5 Å². The number of aliphatic hydroxyl groups is 2. The molecule has 8 nitrogen and oxygen atoms in total. The number of nitrogens with one attached hydrogen (secondary N) is 1. The van der Waals surface area contributed by atoms with Gasteiger partial charge in [0, 0.05) is 5.92 Å². The van der Waals surface area contributed by atoms with Gasteiger partial charge in [0.2, 0.25) is 5.95 Å². The number of rotatable bonds is 2. The third-order valence-corrected chi connectivity index (χ3v) is 3.82. The van der Waals surface area contributed by atoms with Crippen molar-refractivity contribution in [1.82, 2.24) is 19.5 Å². The zero-order valence-corrected chi connectivity index (χ0v) is 10.7. The molecule has 3 atom stereocenters. The Balaban J connectivity index is 2.12. The van der Waals surface area contributed by atoms with Gasteiger partial charge in [-0.15, -0.1) is 0 Å². The maximum atomic E-state index is 11.7. The van der Waals surface area contributed by atoms with E-state index in [4.69, 9.17) is 5.73 Å². The molecule has 0 bridgehead atoms. The molecule has 0 spiro atoms. The van der Waals surface area contributed by atoms with Crippen LogP contribution in [0.4, 0.5) is 5.95 Å². The third-order valence-electron chi connectivity index (χ3n) is 3.82. The monoisotopic (exact) mass is 277 g/mol. The molecule has 2 aromatic heterocycles. The largest absolute Gasteiger partial charge is 0.396 e. The fourth-order valence-corrected chi connectivity index (χ4v) is 2.74. The molecule has 0 aliphatic heterocycles. The summed E-state index contributed by atoms with van der Waals surface area (Å²) in [6.45, 7) is 3.76. The number of nitrogens with two attached hydrogens (primary N) is 1. The highest BCUT2D eigenvalue weighted by molar-refractivity contribution is 5.70. The van der Waals surface area contributed by atoms with Gasteiger partial charge in [-0.3, -0.25) is 9.78 Å². The van der Waals surface area contributed by atoms with Crippen molar-refractivity contribution < 1.29 is 10.2 Å². The molecule has 20 heavy (non-hydrogen) atoms. The fourth-order valence-electron chi connectivity index (χ4n) is 2.74. The molecular formula is C12H15N5O3. The lowest BCUT2D eigenvalue weighted by Crippen LogP contribution is -2.17. The molecule has 1 fully saturated rings. The lowest BCUT2D eigenvalue weighted by atomic mass is 10.0. The number of aromatic nitrogens is 4. The van der Waals surface area contributed by atoms with E-state index in [1.54, 1.807) is 4.57 Å². The van der Waals surface area contributed by atoms with Gasteiger partial charge in [0.25, 0.3) is 5.56 Å². The van der Waals surface area contributed by atoms with Crippen molar-refractivity contribution in [3.05, 3.63) is 28.8 Å². The van der Waals surface area contributed by atoms with Gasteiger partial charge in [-0.2, -0.15) is 4.98 Å². The van der Waals surface area contributed by atoms with Crippen LogP contribution in [0.15, 0.2) is 23.3 Å². The highest BCUT2D eigenvalue weighted by atomic mass is 16.3. The smallest absolute Gasteiger partial charge is 0.280 e. The Morgan fingerprint density at radius 1 is 1.60 bits per heavy atom. The first kappa shape index (κ1) is 12.8. The van der Waals surface area contributed by atoms with Crippen LogP contribution in [0.3, 0.4) is 0 Å². The Labute approximate surface area is 113 Å². The van der Waals surface area contributed by atoms with Crippen molar-refractivity contribution in [3.8, 4) is 0 Å². The SMILES string of the molecule is C=C1[C@@H](CO)[C@H](O)C[C@H]1n1cnc2c(=O)[nH]c(N)nc21. The zero-order chi connectivity index (χ0) is 14.4. The van der Waals surface area contributed by atoms with Gasteiger partial charge in [-0.25, -0.2) is 4.98 Å². The molecule has 1 saturated carbocycles. The van der Waals surface area contributed by atoms with Crippen molar-refractivity contribution >= 4 is 17.1 Å². The van der Waals surface area contributed by atoms with E-state index in [9.17, 15) is 15.0 Å². The van der Waals surface area contributed by atoms with Crippen LogP contribution in [-0.2, 0) is 0 Å². The van der Waals surface area contributed by atoms with E-state index >= 15 is 0 Å². The minimum absolute atomic E-state index is 0.00659. The van der Waals surface area contributed by atoms with Gasteiger partial charge in [0.15, 0.2) is 11.2 Å². The Morgan fingerprint density at radius 3 is 3.00 bits per heavy atom. The zero-order valence-electron chi connectivity index (χ0n) is 10.7. The summed E-state index contributed by atoms with van der Waals surface area (Å²) in [4.78, 5) is 22.2. The van der Waals surface area contributed by atoms with E-state index < -0.39 is 11.7 Å². The van der Waals surface area contributed by atoms with Gasteiger partial charge in [0.05, 0.1) is 25.1 Å². The lowest BCUT2D eigenvalue weighted by molar-refractivity contribution is 0.101. The van der Waals surface area contributed by atoms with Crippen LogP contribution in [-0.4, -0.2) is 42.4 Å². The molecule has 8 heteroatoms. The average Bonchev–Trinajstić information content (AvgIpc) is 2.91. The second kappa shape index (κ2) is 4.43. The van der Waals surface area contributed by atoms with E-state index in [0.717, 1.165) is 0 Å². The summed E-state index contributed by atoms with van der Waals surface area (Å²) >= 11 is 0. The van der Waals surface area contributed by atoms with Crippen LogP contribution in [0, 0.1) is 5.92 Å². The molecule has 2 aromatic rings. The standard InChI is InChI=1S/C12H15N5O3/c1-5-6(3-18)8(19)2-7(5)17-4-14-9-10(17)15-12(13)16-11(9)20/h4,6-8,18-19H,1-3H2,(H3,13,15,16,20)/t6-,7-,8-/m1/s1. The van der Waals surface area contributed by atoms with Crippen LogP contribution in [0.1, 0.15) is 12.5 Å². The third kappa shape index (κ3) is 1.73. The minimum atomic E-state index is -0.672. The summed E-state index contributed by atoms with van der Waals surface area (Å²) in [5.74, 6) is -0.371. The van der Waals surface area contributed by atoms with Gasteiger partial charge >= 0.3 is 0 Å². The molecule has 2 heterocycles. The average molecular weight is 277 g/mol. The van der Waals surface area contributed by atoms with Gasteiger partial charge in [-0.1, -0.05) is 6.58 Å². The van der Waals surface area contributed by atoms with E-state index in [1.165, 1.54) is 6.33 Å². The first-order valence-corrected chi connectivity index (χ1v) is 6.23. The Morgan fingerprint density at radius 2 is 2.35 bits per heavy atom. The fraction of sp³-hybridized carbons (Fsp3) is 0.417. The predicted octanol–water partition coefficient (Wildman–Crippen LogP) is -0.828. The molecular weight excluding hydrogens is 262 g/mol. The van der Waals surface area contributed by atoms with E-state index in [-0.39, 0.29) is 30.0 Å². The van der Waals surface area contributed by atoms with Crippen molar-refractivity contribution in [3.63, 3.8) is 0 Å². The van der Waals surface area contributed by atoms with E-state index in [2.05, 4.69) is 21.5 Å². The number of nitrogen functional groups attached to an aromatic ring is 1. The Bertz CT molecular complexity index is 734. The van der Waals surface area contributed by atoms with Crippen LogP contribution in [0.5, 0.6) is 0 Å². The first-order chi connectivity index (χ1) is 9.52. The van der Waals surface area contributed by atoms with Gasteiger partial charge in [-0.05, 0) is 12.0 Å². The second-order valence-electron chi connectivity index (χ2n) is 4.96. The summed E-state index contributed by atoms with van der Waals surface area (Å²) in [5, 5.41) is 19.2. The van der Waals surface area contributed by atoms with Crippen LogP contribution in [0.2, 0.25) is 0 Å². The topological polar surface area (TPSA) is 130 Å². The number of imidazole rings is 1. The van der Waals surface area contributed by atoms with Crippen LogP contribution >= 0.6 is 0 Å². The molecule has 3 rings (SSSR count). The minimum Gasteiger partial charge on any atom is -0.396 e. The number of anilines is 1. The number of aliphatic hydroxyl groups excluding tert-OH is 2. The number of H-pyrrole nitrogens is 1. The highest BCUT2D eigenvalue weighted by Crippen LogP contribution is 2.39. The number of nitrogens with zero attached hydrogens (tertiary/aromatic N) is 3. The summed E-state index contributed by atoms with van der Waals surface area (Å²) in [6, 6.07) is -0.263. The molecule has 0 radical (unpaired) electrons. The molecule has 0 aromatic carbocycles. The van der Waals surface area contributed by atoms with Crippen LogP contribution in [0.25, 0.3) is 11.2 Å².